The monoisotopic (exact) mass is 331 g/mol. The molecule has 0 fully saturated rings. The van der Waals surface area contributed by atoms with Crippen molar-refractivity contribution >= 4 is 0 Å². The van der Waals surface area contributed by atoms with E-state index in [0.29, 0.717) is 17.7 Å². The van der Waals surface area contributed by atoms with Crippen molar-refractivity contribution in [3.63, 3.8) is 0 Å². The zero-order valence-electron chi connectivity index (χ0n) is 14.1. The van der Waals surface area contributed by atoms with E-state index in [1.54, 1.807) is 19.2 Å². The molecule has 4 N–H and O–H groups in total. The number of phenols is 1. The summed E-state index contributed by atoms with van der Waals surface area (Å²) in [6.07, 6.45) is 0.142. The van der Waals surface area contributed by atoms with Gasteiger partial charge in [0.15, 0.2) is 0 Å². The molecular formula is C19H25NO4. The van der Waals surface area contributed by atoms with Crippen LogP contribution < -0.4 is 10.1 Å². The predicted octanol–water partition coefficient (Wildman–Crippen LogP) is 2.15. The lowest BCUT2D eigenvalue weighted by Crippen LogP contribution is -2.32. The summed E-state index contributed by atoms with van der Waals surface area (Å²) in [6.45, 7) is 2.20. The number of aromatic hydroxyl groups is 1. The van der Waals surface area contributed by atoms with Gasteiger partial charge in [0.25, 0.3) is 0 Å². The fraction of sp³-hybridized carbons (Fsp3) is 0.368. The van der Waals surface area contributed by atoms with Crippen LogP contribution in [0.3, 0.4) is 0 Å². The van der Waals surface area contributed by atoms with Gasteiger partial charge < -0.3 is 25.4 Å². The van der Waals surface area contributed by atoms with E-state index in [9.17, 15) is 15.3 Å². The Hall–Kier alpha value is -2.08. The van der Waals surface area contributed by atoms with Gasteiger partial charge in [-0.25, -0.2) is 0 Å². The zero-order valence-corrected chi connectivity index (χ0v) is 14.1. The van der Waals surface area contributed by atoms with Crippen LogP contribution in [0.2, 0.25) is 0 Å². The molecule has 0 spiro atoms. The van der Waals surface area contributed by atoms with E-state index in [2.05, 4.69) is 12.2 Å². The summed E-state index contributed by atoms with van der Waals surface area (Å²) in [6, 6.07) is 12.9. The average molecular weight is 331 g/mol. The van der Waals surface area contributed by atoms with Gasteiger partial charge in [0.1, 0.15) is 11.5 Å². The Balaban J connectivity index is 1.87. The van der Waals surface area contributed by atoms with Crippen LogP contribution in [0.25, 0.3) is 0 Å². The molecule has 0 aliphatic carbocycles. The second kappa shape index (κ2) is 8.68. The number of hydrogen-bond acceptors (Lipinski definition) is 5. The summed E-state index contributed by atoms with van der Waals surface area (Å²) in [7, 11) is 1.64. The summed E-state index contributed by atoms with van der Waals surface area (Å²) >= 11 is 0. The molecule has 0 saturated carbocycles. The number of nitrogens with one attached hydrogen (secondary N) is 1. The Bertz CT molecular complexity index is 642. The minimum absolute atomic E-state index is 0.0364. The maximum atomic E-state index is 10.3. The minimum atomic E-state index is -0.700. The lowest BCUT2D eigenvalue weighted by molar-refractivity contribution is 0.170. The van der Waals surface area contributed by atoms with Crippen molar-refractivity contribution < 1.29 is 20.1 Å². The molecule has 2 rings (SSSR count). The Kier molecular flexibility index (Phi) is 6.61. The third-order valence-corrected chi connectivity index (χ3v) is 4.02. The lowest BCUT2D eigenvalue weighted by Gasteiger charge is -2.18. The number of hydrogen-bond donors (Lipinski definition) is 4. The van der Waals surface area contributed by atoms with Crippen molar-refractivity contribution in [3.05, 3.63) is 59.2 Å². The molecule has 0 aliphatic heterocycles. The number of methoxy groups -OCH3 is 1. The van der Waals surface area contributed by atoms with Gasteiger partial charge in [-0.2, -0.15) is 0 Å². The second-order valence-corrected chi connectivity index (χ2v) is 5.92. The summed E-state index contributed by atoms with van der Waals surface area (Å²) in [5.74, 6) is 0.871. The third-order valence-electron chi connectivity index (χ3n) is 4.02. The summed E-state index contributed by atoms with van der Waals surface area (Å²) in [5, 5.41) is 32.3. The van der Waals surface area contributed by atoms with Crippen LogP contribution in [-0.4, -0.2) is 35.0 Å². The molecular weight excluding hydrogens is 306 g/mol. The minimum Gasteiger partial charge on any atom is -0.508 e. The molecule has 0 aromatic heterocycles. The molecule has 0 radical (unpaired) electrons. The van der Waals surface area contributed by atoms with Crippen molar-refractivity contribution in [2.75, 3.05) is 13.7 Å². The van der Waals surface area contributed by atoms with Crippen molar-refractivity contribution in [2.24, 2.45) is 0 Å². The molecule has 0 unspecified atom stereocenters. The molecule has 2 atom stereocenters. The molecule has 2 aromatic rings. The van der Waals surface area contributed by atoms with Crippen LogP contribution in [0.4, 0.5) is 0 Å². The molecule has 0 bridgehead atoms. The molecule has 0 aliphatic rings. The highest BCUT2D eigenvalue weighted by atomic mass is 16.5. The second-order valence-electron chi connectivity index (χ2n) is 5.92. The first kappa shape index (κ1) is 18.3. The third kappa shape index (κ3) is 4.96. The van der Waals surface area contributed by atoms with Crippen LogP contribution in [-0.2, 0) is 13.0 Å². The van der Waals surface area contributed by atoms with Gasteiger partial charge in [-0.1, -0.05) is 18.2 Å². The van der Waals surface area contributed by atoms with E-state index < -0.39 is 6.10 Å². The maximum absolute atomic E-state index is 10.3. The van der Waals surface area contributed by atoms with Crippen molar-refractivity contribution in [1.29, 1.82) is 0 Å². The fourth-order valence-corrected chi connectivity index (χ4v) is 2.56. The molecule has 2 aromatic carbocycles. The Labute approximate surface area is 142 Å². The number of aliphatic hydroxyl groups is 2. The Morgan fingerprint density at radius 2 is 1.83 bits per heavy atom. The highest BCUT2D eigenvalue weighted by Gasteiger charge is 2.12. The lowest BCUT2D eigenvalue weighted by atomic mass is 10.0. The van der Waals surface area contributed by atoms with Crippen molar-refractivity contribution in [3.8, 4) is 11.5 Å². The van der Waals surface area contributed by atoms with E-state index in [-0.39, 0.29) is 18.4 Å². The standard InChI is InChI=1S/C19H25NO4/c1-13(9-14-3-6-17(24-2)7-4-14)20-11-19(23)15-5-8-18(22)16(10-15)12-21/h3-8,10,13,19-23H,9,11-12H2,1-2H3/t13-,19+/m0/s1. The summed E-state index contributed by atoms with van der Waals surface area (Å²) < 4.78 is 5.15. The van der Waals surface area contributed by atoms with Gasteiger partial charge in [0, 0.05) is 18.2 Å². The van der Waals surface area contributed by atoms with Gasteiger partial charge in [0.05, 0.1) is 19.8 Å². The SMILES string of the molecule is COc1ccc(C[C@H](C)NC[C@@H](O)c2ccc(O)c(CO)c2)cc1. The van der Waals surface area contributed by atoms with Gasteiger partial charge >= 0.3 is 0 Å². The molecule has 5 heteroatoms. The largest absolute Gasteiger partial charge is 0.508 e. The van der Waals surface area contributed by atoms with Gasteiger partial charge in [-0.3, -0.25) is 0 Å². The van der Waals surface area contributed by atoms with Gasteiger partial charge in [-0.05, 0) is 48.7 Å². The maximum Gasteiger partial charge on any atom is 0.121 e. The van der Waals surface area contributed by atoms with E-state index in [4.69, 9.17) is 4.74 Å². The van der Waals surface area contributed by atoms with E-state index in [1.807, 2.05) is 24.3 Å². The molecule has 5 nitrogen and oxygen atoms in total. The van der Waals surface area contributed by atoms with Crippen LogP contribution in [0.1, 0.15) is 29.7 Å². The molecule has 0 saturated heterocycles. The average Bonchev–Trinajstić information content (AvgIpc) is 2.60. The number of benzene rings is 2. The van der Waals surface area contributed by atoms with Crippen LogP contribution in [0.5, 0.6) is 11.5 Å². The smallest absolute Gasteiger partial charge is 0.121 e. The quantitative estimate of drug-likeness (QED) is 0.596. The van der Waals surface area contributed by atoms with E-state index in [1.165, 1.54) is 11.6 Å². The first-order chi connectivity index (χ1) is 11.5. The zero-order chi connectivity index (χ0) is 17.5. The van der Waals surface area contributed by atoms with Crippen LogP contribution in [0, 0.1) is 0 Å². The molecule has 24 heavy (non-hydrogen) atoms. The molecule has 130 valence electrons. The van der Waals surface area contributed by atoms with Crippen LogP contribution in [0.15, 0.2) is 42.5 Å². The van der Waals surface area contributed by atoms with E-state index >= 15 is 0 Å². The Morgan fingerprint density at radius 3 is 2.46 bits per heavy atom. The topological polar surface area (TPSA) is 82.0 Å². The van der Waals surface area contributed by atoms with Crippen LogP contribution >= 0.6 is 0 Å². The van der Waals surface area contributed by atoms with Crippen molar-refractivity contribution in [1.82, 2.24) is 5.32 Å². The first-order valence-corrected chi connectivity index (χ1v) is 8.00. The molecule has 0 heterocycles. The molecule has 0 amide bonds. The summed E-state index contributed by atoms with van der Waals surface area (Å²) in [5.41, 5.74) is 2.27. The van der Waals surface area contributed by atoms with Crippen molar-refractivity contribution in [2.45, 2.75) is 32.1 Å². The summed E-state index contributed by atoms with van der Waals surface area (Å²) in [4.78, 5) is 0. The fourth-order valence-electron chi connectivity index (χ4n) is 2.56. The number of rotatable bonds is 8. The first-order valence-electron chi connectivity index (χ1n) is 8.00. The van der Waals surface area contributed by atoms with Gasteiger partial charge in [-0.15, -0.1) is 0 Å². The number of aliphatic hydroxyl groups excluding tert-OH is 2. The Morgan fingerprint density at radius 1 is 1.12 bits per heavy atom. The van der Waals surface area contributed by atoms with E-state index in [0.717, 1.165) is 12.2 Å². The highest BCUT2D eigenvalue weighted by Crippen LogP contribution is 2.22. The van der Waals surface area contributed by atoms with Gasteiger partial charge in [0.2, 0.25) is 0 Å². The normalized spacial score (nSPS) is 13.5. The highest BCUT2D eigenvalue weighted by molar-refractivity contribution is 5.36. The predicted molar refractivity (Wildman–Crippen MR) is 93.2 cm³/mol. The number of ether oxygens (including phenoxy) is 1.